The second kappa shape index (κ2) is 8.63. The fraction of sp³-hybridized carbons (Fsp3) is 0.150. The Bertz CT molecular complexity index is 629. The molecule has 0 saturated heterocycles. The average molecular weight is 291 g/mol. The normalized spacial score (nSPS) is 11.0. The van der Waals surface area contributed by atoms with Crippen LogP contribution in [0.4, 0.5) is 0 Å². The zero-order valence-electron chi connectivity index (χ0n) is 12.7. The van der Waals surface area contributed by atoms with Gasteiger partial charge in [-0.2, -0.15) is 0 Å². The number of carbonyl (C=O) groups is 1. The van der Waals surface area contributed by atoms with Crippen LogP contribution >= 0.6 is 0 Å². The van der Waals surface area contributed by atoms with Crippen molar-refractivity contribution in [3.05, 3.63) is 96.2 Å². The van der Waals surface area contributed by atoms with Crippen LogP contribution in [0.1, 0.15) is 17.5 Å². The van der Waals surface area contributed by atoms with E-state index in [0.717, 1.165) is 11.1 Å². The molecule has 0 unspecified atom stereocenters. The van der Waals surface area contributed by atoms with Gasteiger partial charge in [0.15, 0.2) is 5.78 Å². The molecule has 112 valence electrons. The van der Waals surface area contributed by atoms with Gasteiger partial charge in [-0.15, -0.1) is 6.58 Å². The van der Waals surface area contributed by atoms with Gasteiger partial charge < -0.3 is 5.32 Å². The third kappa shape index (κ3) is 5.06. The van der Waals surface area contributed by atoms with Gasteiger partial charge in [0.05, 0.1) is 0 Å². The number of benzene rings is 2. The highest BCUT2D eigenvalue weighted by molar-refractivity contribution is 5.96. The zero-order valence-corrected chi connectivity index (χ0v) is 12.7. The van der Waals surface area contributed by atoms with E-state index in [0.29, 0.717) is 19.4 Å². The van der Waals surface area contributed by atoms with Gasteiger partial charge in [0, 0.05) is 24.7 Å². The smallest absolute Gasteiger partial charge is 0.164 e. The largest absolute Gasteiger partial charge is 0.386 e. The van der Waals surface area contributed by atoms with E-state index in [1.807, 2.05) is 54.7 Å². The predicted molar refractivity (Wildman–Crippen MR) is 91.3 cm³/mol. The number of nitrogens with one attached hydrogen (secondary N) is 1. The summed E-state index contributed by atoms with van der Waals surface area (Å²) in [6.07, 6.45) is 4.58. The third-order valence-corrected chi connectivity index (χ3v) is 3.36. The Balaban J connectivity index is 1.97. The summed E-state index contributed by atoms with van der Waals surface area (Å²) in [6.45, 7) is 4.44. The van der Waals surface area contributed by atoms with Crippen molar-refractivity contribution in [2.75, 3.05) is 0 Å². The molecule has 2 aromatic rings. The summed E-state index contributed by atoms with van der Waals surface area (Å²) in [6, 6.07) is 19.9. The molecule has 0 atom stereocenters. The van der Waals surface area contributed by atoms with Crippen molar-refractivity contribution in [2.24, 2.45) is 0 Å². The Labute approximate surface area is 132 Å². The highest BCUT2D eigenvalue weighted by atomic mass is 16.1. The second-order valence-corrected chi connectivity index (χ2v) is 5.11. The van der Waals surface area contributed by atoms with Gasteiger partial charge in [0.2, 0.25) is 0 Å². The zero-order chi connectivity index (χ0) is 15.6. The van der Waals surface area contributed by atoms with Crippen molar-refractivity contribution >= 4 is 5.78 Å². The minimum Gasteiger partial charge on any atom is -0.386 e. The lowest BCUT2D eigenvalue weighted by molar-refractivity contribution is -0.115. The topological polar surface area (TPSA) is 29.1 Å². The number of hydrogen-bond donors (Lipinski definition) is 1. The van der Waals surface area contributed by atoms with Crippen LogP contribution in [0.5, 0.6) is 0 Å². The van der Waals surface area contributed by atoms with Crippen LogP contribution in [-0.4, -0.2) is 5.78 Å². The molecule has 0 aliphatic carbocycles. The summed E-state index contributed by atoms with van der Waals surface area (Å²) in [5.41, 5.74) is 2.98. The molecule has 0 spiro atoms. The van der Waals surface area contributed by atoms with Gasteiger partial charge >= 0.3 is 0 Å². The molecule has 2 rings (SSSR count). The maximum Gasteiger partial charge on any atom is 0.164 e. The monoisotopic (exact) mass is 291 g/mol. The summed E-state index contributed by atoms with van der Waals surface area (Å²) in [7, 11) is 0. The van der Waals surface area contributed by atoms with Gasteiger partial charge in [0.1, 0.15) is 0 Å². The Morgan fingerprint density at radius 3 is 2.14 bits per heavy atom. The minimum absolute atomic E-state index is 0.131. The van der Waals surface area contributed by atoms with Crippen molar-refractivity contribution in [3.63, 3.8) is 0 Å². The summed E-state index contributed by atoms with van der Waals surface area (Å²) in [5, 5.41) is 3.22. The van der Waals surface area contributed by atoms with E-state index in [1.165, 1.54) is 5.56 Å². The number of ketones is 1. The van der Waals surface area contributed by atoms with Crippen LogP contribution in [0.15, 0.2) is 85.1 Å². The quantitative estimate of drug-likeness (QED) is 0.587. The van der Waals surface area contributed by atoms with Crippen LogP contribution in [0, 0.1) is 0 Å². The lowest BCUT2D eigenvalue weighted by Crippen LogP contribution is -2.12. The second-order valence-electron chi connectivity index (χ2n) is 5.11. The van der Waals surface area contributed by atoms with E-state index in [1.54, 1.807) is 6.08 Å². The Kier molecular flexibility index (Phi) is 6.18. The van der Waals surface area contributed by atoms with E-state index in [-0.39, 0.29) is 5.78 Å². The molecule has 0 aliphatic heterocycles. The molecule has 0 bridgehead atoms. The minimum atomic E-state index is 0.131. The number of carbonyl (C=O) groups excluding carboxylic acids is 1. The van der Waals surface area contributed by atoms with Gasteiger partial charge in [-0.3, -0.25) is 4.79 Å². The summed E-state index contributed by atoms with van der Waals surface area (Å²) < 4.78 is 0. The lowest BCUT2D eigenvalue weighted by atomic mass is 10.0. The number of hydrogen-bond acceptors (Lipinski definition) is 2. The molecule has 0 saturated carbocycles. The van der Waals surface area contributed by atoms with E-state index in [2.05, 4.69) is 24.0 Å². The van der Waals surface area contributed by atoms with Crippen molar-refractivity contribution in [1.82, 2.24) is 5.32 Å². The SMILES string of the molecule is C=CC/C(=C\NCc1ccccc1)C(=O)Cc1ccccc1. The highest BCUT2D eigenvalue weighted by Crippen LogP contribution is 2.09. The van der Waals surface area contributed by atoms with Gasteiger partial charge in [-0.25, -0.2) is 0 Å². The molecule has 0 heterocycles. The molecule has 0 aliphatic rings. The van der Waals surface area contributed by atoms with Crippen LogP contribution < -0.4 is 5.32 Å². The van der Waals surface area contributed by atoms with Crippen LogP contribution in [0.25, 0.3) is 0 Å². The third-order valence-electron chi connectivity index (χ3n) is 3.36. The summed E-state index contributed by atoms with van der Waals surface area (Å²) in [5.74, 6) is 0.131. The average Bonchev–Trinajstić information content (AvgIpc) is 2.56. The van der Waals surface area contributed by atoms with Crippen LogP contribution in [0.3, 0.4) is 0 Å². The van der Waals surface area contributed by atoms with Crippen molar-refractivity contribution in [1.29, 1.82) is 0 Å². The first-order valence-electron chi connectivity index (χ1n) is 7.44. The first-order valence-corrected chi connectivity index (χ1v) is 7.44. The molecular weight excluding hydrogens is 270 g/mol. The van der Waals surface area contributed by atoms with Crippen LogP contribution in [0.2, 0.25) is 0 Å². The van der Waals surface area contributed by atoms with Gasteiger partial charge in [-0.1, -0.05) is 66.7 Å². The van der Waals surface area contributed by atoms with E-state index >= 15 is 0 Å². The fourth-order valence-electron chi connectivity index (χ4n) is 2.19. The molecule has 2 heteroatoms. The molecule has 0 radical (unpaired) electrons. The van der Waals surface area contributed by atoms with E-state index < -0.39 is 0 Å². The molecule has 0 amide bonds. The van der Waals surface area contributed by atoms with Crippen molar-refractivity contribution < 1.29 is 4.79 Å². The van der Waals surface area contributed by atoms with Crippen LogP contribution in [-0.2, 0) is 17.8 Å². The Hall–Kier alpha value is -2.61. The van der Waals surface area contributed by atoms with Gasteiger partial charge in [0.25, 0.3) is 0 Å². The standard InChI is InChI=1S/C20H21NO/c1-2-9-19(16-21-15-18-12-7-4-8-13-18)20(22)14-17-10-5-3-6-11-17/h2-8,10-13,16,21H,1,9,14-15H2/b19-16+. The summed E-state index contributed by atoms with van der Waals surface area (Å²) in [4.78, 5) is 12.4. The summed E-state index contributed by atoms with van der Waals surface area (Å²) >= 11 is 0. The van der Waals surface area contributed by atoms with Crippen molar-refractivity contribution in [2.45, 2.75) is 19.4 Å². The predicted octanol–water partition coefficient (Wildman–Crippen LogP) is 4.05. The Morgan fingerprint density at radius 2 is 1.55 bits per heavy atom. The van der Waals surface area contributed by atoms with E-state index in [9.17, 15) is 4.79 Å². The number of rotatable bonds is 8. The van der Waals surface area contributed by atoms with Crippen molar-refractivity contribution in [3.8, 4) is 0 Å². The van der Waals surface area contributed by atoms with Gasteiger partial charge in [-0.05, 0) is 17.5 Å². The molecular formula is C20H21NO. The Morgan fingerprint density at radius 1 is 0.955 bits per heavy atom. The first kappa shape index (κ1) is 15.8. The molecule has 0 aromatic heterocycles. The first-order chi connectivity index (χ1) is 10.8. The fourth-order valence-corrected chi connectivity index (χ4v) is 2.19. The molecule has 22 heavy (non-hydrogen) atoms. The maximum atomic E-state index is 12.4. The number of Topliss-reactive ketones (excluding diaryl/α,β-unsaturated/α-hetero) is 1. The van der Waals surface area contributed by atoms with E-state index in [4.69, 9.17) is 0 Å². The highest BCUT2D eigenvalue weighted by Gasteiger charge is 2.09. The number of allylic oxidation sites excluding steroid dienone is 2. The molecule has 2 nitrogen and oxygen atoms in total. The molecule has 0 fully saturated rings. The molecule has 1 N–H and O–H groups in total. The maximum absolute atomic E-state index is 12.4. The lowest BCUT2D eigenvalue weighted by Gasteiger charge is -2.07. The molecule has 2 aromatic carbocycles.